The molecule has 1 saturated heterocycles. The molecule has 1 aliphatic rings. The molecule has 0 unspecified atom stereocenters. The molecule has 0 aliphatic carbocycles. The Hall–Kier alpha value is -2.84. The maximum absolute atomic E-state index is 12.7. The zero-order valence-electron chi connectivity index (χ0n) is 18.7. The quantitative estimate of drug-likeness (QED) is 0.573. The maximum atomic E-state index is 12.7. The minimum Gasteiger partial charge on any atom is -0.442 e. The first-order chi connectivity index (χ1) is 15.3. The number of piperazine rings is 1. The fraction of sp³-hybridized carbons (Fsp3) is 0.435. The number of nitrogens with one attached hydrogen (secondary N) is 1. The molecule has 0 bridgehead atoms. The van der Waals surface area contributed by atoms with Crippen LogP contribution in [-0.4, -0.2) is 59.6 Å². The number of anilines is 1. The SMILES string of the molecule is Cc1ccc(Cl)cc1N1CCN(CCCNC(=O)c2c(C)oc3ncn(C)c(=O)c23)CC1. The topological polar surface area (TPSA) is 83.6 Å². The van der Waals surface area contributed by atoms with Crippen LogP contribution < -0.4 is 15.8 Å². The van der Waals surface area contributed by atoms with Crippen LogP contribution in [0.5, 0.6) is 0 Å². The van der Waals surface area contributed by atoms with Gasteiger partial charge in [0.05, 0.1) is 5.56 Å². The van der Waals surface area contributed by atoms with Crippen molar-refractivity contribution in [2.24, 2.45) is 7.05 Å². The summed E-state index contributed by atoms with van der Waals surface area (Å²) in [5.41, 5.74) is 2.62. The molecule has 0 spiro atoms. The fourth-order valence-electron chi connectivity index (χ4n) is 4.19. The van der Waals surface area contributed by atoms with Gasteiger partial charge in [-0.3, -0.25) is 14.5 Å². The number of rotatable bonds is 6. The molecule has 1 fully saturated rings. The van der Waals surface area contributed by atoms with Gasteiger partial charge in [0.2, 0.25) is 5.71 Å². The number of halogens is 1. The fourth-order valence-corrected chi connectivity index (χ4v) is 4.36. The number of fused-ring (bicyclic) bond motifs is 1. The van der Waals surface area contributed by atoms with Crippen molar-refractivity contribution in [3.8, 4) is 0 Å². The number of aromatic nitrogens is 2. The highest BCUT2D eigenvalue weighted by atomic mass is 35.5. The van der Waals surface area contributed by atoms with Gasteiger partial charge in [0.15, 0.2) is 0 Å². The van der Waals surface area contributed by atoms with Crippen molar-refractivity contribution in [1.82, 2.24) is 19.8 Å². The van der Waals surface area contributed by atoms with Crippen LogP contribution in [0.3, 0.4) is 0 Å². The molecule has 1 N–H and O–H groups in total. The molecule has 0 saturated carbocycles. The number of benzene rings is 1. The Bertz CT molecular complexity index is 1190. The van der Waals surface area contributed by atoms with Gasteiger partial charge in [-0.05, 0) is 44.5 Å². The van der Waals surface area contributed by atoms with Crippen molar-refractivity contribution in [3.63, 3.8) is 0 Å². The molecule has 3 heterocycles. The van der Waals surface area contributed by atoms with Gasteiger partial charge in [-0.2, -0.15) is 0 Å². The molecule has 4 rings (SSSR count). The van der Waals surface area contributed by atoms with Gasteiger partial charge in [0.25, 0.3) is 11.5 Å². The molecule has 0 radical (unpaired) electrons. The van der Waals surface area contributed by atoms with Crippen molar-refractivity contribution < 1.29 is 9.21 Å². The van der Waals surface area contributed by atoms with Gasteiger partial charge in [-0.25, -0.2) is 4.98 Å². The summed E-state index contributed by atoms with van der Waals surface area (Å²) in [5.74, 6) is 0.105. The molecule has 32 heavy (non-hydrogen) atoms. The van der Waals surface area contributed by atoms with E-state index in [2.05, 4.69) is 33.1 Å². The number of furan rings is 1. The van der Waals surface area contributed by atoms with Crippen LogP contribution in [0.4, 0.5) is 5.69 Å². The predicted octanol–water partition coefficient (Wildman–Crippen LogP) is 2.74. The lowest BCUT2D eigenvalue weighted by molar-refractivity contribution is 0.0951. The molecular formula is C23H28ClN5O3. The van der Waals surface area contributed by atoms with Gasteiger partial charge >= 0.3 is 0 Å². The number of hydrogen-bond donors (Lipinski definition) is 1. The highest BCUT2D eigenvalue weighted by molar-refractivity contribution is 6.30. The number of amides is 1. The van der Waals surface area contributed by atoms with Gasteiger partial charge in [-0.1, -0.05) is 17.7 Å². The smallest absolute Gasteiger partial charge is 0.265 e. The summed E-state index contributed by atoms with van der Waals surface area (Å²) in [6.45, 7) is 9.04. The Morgan fingerprint density at radius 3 is 2.72 bits per heavy atom. The number of carbonyl (C=O) groups excluding carboxylic acids is 1. The average molecular weight is 458 g/mol. The molecule has 170 valence electrons. The first-order valence-corrected chi connectivity index (χ1v) is 11.2. The monoisotopic (exact) mass is 457 g/mol. The summed E-state index contributed by atoms with van der Waals surface area (Å²) >= 11 is 6.17. The first-order valence-electron chi connectivity index (χ1n) is 10.8. The highest BCUT2D eigenvalue weighted by Crippen LogP contribution is 2.25. The van der Waals surface area contributed by atoms with E-state index in [0.29, 0.717) is 12.3 Å². The second kappa shape index (κ2) is 9.34. The molecule has 8 nitrogen and oxygen atoms in total. The third-order valence-corrected chi connectivity index (χ3v) is 6.23. The summed E-state index contributed by atoms with van der Waals surface area (Å²) in [6.07, 6.45) is 2.22. The van der Waals surface area contributed by atoms with Crippen LogP contribution in [0, 0.1) is 13.8 Å². The average Bonchev–Trinajstić information content (AvgIpc) is 3.12. The lowest BCUT2D eigenvalue weighted by Gasteiger charge is -2.37. The molecule has 1 amide bonds. The van der Waals surface area contributed by atoms with Crippen molar-refractivity contribution in [1.29, 1.82) is 0 Å². The summed E-state index contributed by atoms with van der Waals surface area (Å²) < 4.78 is 6.86. The lowest BCUT2D eigenvalue weighted by Crippen LogP contribution is -2.47. The zero-order valence-corrected chi connectivity index (χ0v) is 19.4. The molecule has 1 aromatic carbocycles. The first kappa shape index (κ1) is 22.4. The summed E-state index contributed by atoms with van der Waals surface area (Å²) in [5, 5.41) is 3.92. The third-order valence-electron chi connectivity index (χ3n) is 6.00. The normalized spacial score (nSPS) is 14.8. The Kier molecular flexibility index (Phi) is 6.53. The van der Waals surface area contributed by atoms with E-state index < -0.39 is 0 Å². The minimum absolute atomic E-state index is 0.198. The van der Waals surface area contributed by atoms with Crippen molar-refractivity contribution in [2.45, 2.75) is 20.3 Å². The summed E-state index contributed by atoms with van der Waals surface area (Å²) in [4.78, 5) is 34.1. The van der Waals surface area contributed by atoms with Gasteiger partial charge in [0.1, 0.15) is 17.5 Å². The van der Waals surface area contributed by atoms with Crippen LogP contribution in [0.15, 0.2) is 33.7 Å². The lowest BCUT2D eigenvalue weighted by atomic mass is 10.1. The molecule has 0 atom stereocenters. The molecule has 3 aromatic rings. The van der Waals surface area contributed by atoms with Crippen molar-refractivity contribution in [2.75, 3.05) is 44.2 Å². The van der Waals surface area contributed by atoms with Gasteiger partial charge in [-0.15, -0.1) is 0 Å². The molecular weight excluding hydrogens is 430 g/mol. The third kappa shape index (κ3) is 4.52. The van der Waals surface area contributed by atoms with E-state index in [1.54, 1.807) is 14.0 Å². The van der Waals surface area contributed by atoms with Gasteiger partial charge in [0, 0.05) is 50.5 Å². The van der Waals surface area contributed by atoms with Crippen molar-refractivity contribution >= 4 is 34.3 Å². The zero-order chi connectivity index (χ0) is 22.8. The van der Waals surface area contributed by atoms with E-state index >= 15 is 0 Å². The van der Waals surface area contributed by atoms with Crippen LogP contribution in [-0.2, 0) is 7.05 Å². The van der Waals surface area contributed by atoms with Crippen LogP contribution in [0.1, 0.15) is 28.1 Å². The van der Waals surface area contributed by atoms with Gasteiger partial charge < -0.3 is 19.2 Å². The summed E-state index contributed by atoms with van der Waals surface area (Å²) in [6, 6.07) is 6.02. The van der Waals surface area contributed by atoms with Crippen LogP contribution in [0.25, 0.3) is 11.1 Å². The number of hydrogen-bond acceptors (Lipinski definition) is 6. The Morgan fingerprint density at radius 2 is 1.97 bits per heavy atom. The van der Waals surface area contributed by atoms with E-state index in [4.69, 9.17) is 16.0 Å². The Morgan fingerprint density at radius 1 is 1.22 bits per heavy atom. The van der Waals surface area contributed by atoms with Crippen molar-refractivity contribution in [3.05, 3.63) is 56.8 Å². The molecule has 2 aromatic heterocycles. The molecule has 9 heteroatoms. The van der Waals surface area contributed by atoms with E-state index in [9.17, 15) is 9.59 Å². The maximum Gasteiger partial charge on any atom is 0.265 e. The van der Waals surface area contributed by atoms with E-state index in [0.717, 1.165) is 44.2 Å². The van der Waals surface area contributed by atoms with E-state index in [1.807, 2.05) is 12.1 Å². The van der Waals surface area contributed by atoms with E-state index in [1.165, 1.54) is 22.1 Å². The summed E-state index contributed by atoms with van der Waals surface area (Å²) in [7, 11) is 1.60. The number of carbonyl (C=O) groups is 1. The standard InChI is InChI=1S/C23H28ClN5O3/c1-15-5-6-17(24)13-18(15)29-11-9-28(10-12-29)8-4-7-25-21(30)19-16(2)32-22-20(19)23(31)27(3)14-26-22/h5-6,13-14H,4,7-12H2,1-3H3,(H,25,30). The largest absolute Gasteiger partial charge is 0.442 e. The van der Waals surface area contributed by atoms with E-state index in [-0.39, 0.29) is 28.1 Å². The second-order valence-corrected chi connectivity index (χ2v) is 8.68. The van der Waals surface area contributed by atoms with Crippen LogP contribution in [0.2, 0.25) is 5.02 Å². The number of aryl methyl sites for hydroxylation is 3. The second-order valence-electron chi connectivity index (χ2n) is 8.24. The number of nitrogens with zero attached hydrogens (tertiary/aromatic N) is 4. The predicted molar refractivity (Wildman–Crippen MR) is 126 cm³/mol. The Labute approximate surface area is 191 Å². The Balaban J connectivity index is 1.28. The molecule has 1 aliphatic heterocycles. The minimum atomic E-state index is -0.299. The van der Waals surface area contributed by atoms with Crippen LogP contribution >= 0.6 is 11.6 Å². The highest BCUT2D eigenvalue weighted by Gasteiger charge is 2.22.